The summed E-state index contributed by atoms with van der Waals surface area (Å²) in [5, 5.41) is 11.8. The van der Waals surface area contributed by atoms with Gasteiger partial charge >= 0.3 is 0 Å². The molecule has 23 heavy (non-hydrogen) atoms. The Morgan fingerprint density at radius 3 is 2.57 bits per heavy atom. The van der Waals surface area contributed by atoms with Crippen LogP contribution in [0, 0.1) is 20.8 Å². The Bertz CT molecular complexity index is 681. The van der Waals surface area contributed by atoms with Crippen molar-refractivity contribution in [1.29, 1.82) is 0 Å². The second kappa shape index (κ2) is 6.52. The maximum Gasteiger partial charge on any atom is 0.242 e. The minimum Gasteiger partial charge on any atom is -0.352 e. The van der Waals surface area contributed by atoms with Crippen LogP contribution in [-0.4, -0.2) is 36.5 Å². The smallest absolute Gasteiger partial charge is 0.242 e. The van der Waals surface area contributed by atoms with Crippen LogP contribution in [-0.2, 0) is 11.3 Å². The summed E-state index contributed by atoms with van der Waals surface area (Å²) in [5.41, 5.74) is 1.19. The van der Waals surface area contributed by atoms with Crippen LogP contribution in [0.1, 0.15) is 48.9 Å². The van der Waals surface area contributed by atoms with E-state index in [2.05, 4.69) is 38.3 Å². The highest BCUT2D eigenvalue weighted by molar-refractivity contribution is 5.76. The van der Waals surface area contributed by atoms with E-state index in [4.69, 9.17) is 0 Å². The van der Waals surface area contributed by atoms with Gasteiger partial charge in [0, 0.05) is 12.2 Å². The van der Waals surface area contributed by atoms with E-state index in [1.165, 1.54) is 5.56 Å². The van der Waals surface area contributed by atoms with Crippen LogP contribution < -0.4 is 5.32 Å². The largest absolute Gasteiger partial charge is 0.352 e. The van der Waals surface area contributed by atoms with E-state index in [0.29, 0.717) is 11.9 Å². The lowest BCUT2D eigenvalue weighted by atomic mass is 9.91. The molecule has 0 radical (unpaired) electrons. The van der Waals surface area contributed by atoms with Crippen LogP contribution in [0.25, 0.3) is 0 Å². The average molecular weight is 316 g/mol. The lowest BCUT2D eigenvalue weighted by Crippen LogP contribution is -2.40. The minimum absolute atomic E-state index is 0.0105. The molecule has 0 saturated heterocycles. The maximum absolute atomic E-state index is 12.2. The van der Waals surface area contributed by atoms with Crippen LogP contribution in [0.15, 0.2) is 12.4 Å². The van der Waals surface area contributed by atoms with Crippen molar-refractivity contribution in [3.8, 4) is 0 Å². The predicted octanol–water partition coefficient (Wildman–Crippen LogP) is 1.70. The van der Waals surface area contributed by atoms with Gasteiger partial charge in [-0.2, -0.15) is 10.2 Å². The van der Waals surface area contributed by atoms with Gasteiger partial charge in [-0.15, -0.1) is 0 Å². The second-order valence-electron chi connectivity index (χ2n) is 6.43. The van der Waals surface area contributed by atoms with Gasteiger partial charge in [-0.3, -0.25) is 9.48 Å². The summed E-state index contributed by atoms with van der Waals surface area (Å²) in [6.07, 6.45) is 8.08. The Kier molecular flexibility index (Phi) is 4.45. The zero-order valence-corrected chi connectivity index (χ0v) is 14.0. The minimum atomic E-state index is 0.0105. The summed E-state index contributed by atoms with van der Waals surface area (Å²) in [5.74, 6) is 1.48. The molecule has 0 aromatic carbocycles. The number of amides is 1. The van der Waals surface area contributed by atoms with Crippen LogP contribution >= 0.6 is 0 Å². The molecule has 0 spiro atoms. The number of rotatable bonds is 4. The number of nitrogens with one attached hydrogen (secondary N) is 1. The Balaban J connectivity index is 1.48. The topological polar surface area (TPSA) is 77.6 Å². The van der Waals surface area contributed by atoms with Gasteiger partial charge in [0.2, 0.25) is 5.91 Å². The van der Waals surface area contributed by atoms with Crippen molar-refractivity contribution in [2.75, 3.05) is 0 Å². The molecular formula is C16H24N6O. The number of carbonyl (C=O) groups excluding carboxylic acids is 1. The van der Waals surface area contributed by atoms with E-state index in [1.54, 1.807) is 4.68 Å². The summed E-state index contributed by atoms with van der Waals surface area (Å²) >= 11 is 0. The third-order valence-electron chi connectivity index (χ3n) is 4.42. The molecule has 1 aliphatic rings. The molecule has 0 aliphatic heterocycles. The van der Waals surface area contributed by atoms with E-state index in [1.807, 2.05) is 20.0 Å². The molecule has 1 amide bonds. The van der Waals surface area contributed by atoms with Crippen LogP contribution in [0.3, 0.4) is 0 Å². The summed E-state index contributed by atoms with van der Waals surface area (Å²) in [4.78, 5) is 16.4. The molecule has 1 aliphatic carbocycles. The third-order valence-corrected chi connectivity index (χ3v) is 4.42. The first-order valence-electron chi connectivity index (χ1n) is 8.19. The third kappa shape index (κ3) is 3.78. The van der Waals surface area contributed by atoms with E-state index in [9.17, 15) is 4.79 Å². The SMILES string of the molecule is Cc1cnn(C2CCC(NC(=O)Cn3nc(C)nc3C)CC2)c1. The van der Waals surface area contributed by atoms with Gasteiger partial charge in [-0.25, -0.2) is 9.67 Å². The van der Waals surface area contributed by atoms with Crippen LogP contribution in [0.2, 0.25) is 0 Å². The molecule has 7 nitrogen and oxygen atoms in total. The van der Waals surface area contributed by atoms with Crippen molar-refractivity contribution in [2.24, 2.45) is 0 Å². The number of hydrogen-bond donors (Lipinski definition) is 1. The quantitative estimate of drug-likeness (QED) is 0.931. The molecule has 124 valence electrons. The number of aromatic nitrogens is 5. The van der Waals surface area contributed by atoms with E-state index < -0.39 is 0 Å². The van der Waals surface area contributed by atoms with Crippen molar-refractivity contribution < 1.29 is 4.79 Å². The van der Waals surface area contributed by atoms with Gasteiger partial charge in [0.05, 0.1) is 12.2 Å². The first-order valence-corrected chi connectivity index (χ1v) is 8.19. The van der Waals surface area contributed by atoms with Gasteiger partial charge in [-0.1, -0.05) is 0 Å². The van der Waals surface area contributed by atoms with Crippen molar-refractivity contribution in [1.82, 2.24) is 29.9 Å². The Hall–Kier alpha value is -2.18. The van der Waals surface area contributed by atoms with Gasteiger partial charge in [0.25, 0.3) is 0 Å². The van der Waals surface area contributed by atoms with Crippen LogP contribution in [0.5, 0.6) is 0 Å². The van der Waals surface area contributed by atoms with Gasteiger partial charge in [0.1, 0.15) is 18.2 Å². The monoisotopic (exact) mass is 316 g/mol. The normalized spacial score (nSPS) is 21.3. The van der Waals surface area contributed by atoms with E-state index in [-0.39, 0.29) is 18.5 Å². The fourth-order valence-electron chi connectivity index (χ4n) is 3.24. The molecule has 2 aromatic heterocycles. The highest BCUT2D eigenvalue weighted by Gasteiger charge is 2.24. The van der Waals surface area contributed by atoms with Crippen molar-refractivity contribution in [3.63, 3.8) is 0 Å². The lowest BCUT2D eigenvalue weighted by Gasteiger charge is -2.29. The number of nitrogens with zero attached hydrogens (tertiary/aromatic N) is 5. The molecule has 0 unspecified atom stereocenters. The molecular weight excluding hydrogens is 292 g/mol. The predicted molar refractivity (Wildman–Crippen MR) is 85.9 cm³/mol. The van der Waals surface area contributed by atoms with Crippen molar-refractivity contribution in [3.05, 3.63) is 29.6 Å². The van der Waals surface area contributed by atoms with E-state index >= 15 is 0 Å². The molecule has 7 heteroatoms. The number of hydrogen-bond acceptors (Lipinski definition) is 4. The molecule has 1 fully saturated rings. The molecule has 1 N–H and O–H groups in total. The van der Waals surface area contributed by atoms with Gasteiger partial charge < -0.3 is 5.32 Å². The summed E-state index contributed by atoms with van der Waals surface area (Å²) < 4.78 is 3.72. The second-order valence-corrected chi connectivity index (χ2v) is 6.43. The van der Waals surface area contributed by atoms with Gasteiger partial charge in [0.15, 0.2) is 0 Å². The summed E-state index contributed by atoms with van der Waals surface area (Å²) in [6.45, 7) is 6.00. The molecule has 1 saturated carbocycles. The average Bonchev–Trinajstić information content (AvgIpc) is 3.06. The number of carbonyl (C=O) groups is 1. The Morgan fingerprint density at radius 2 is 2.00 bits per heavy atom. The highest BCUT2D eigenvalue weighted by atomic mass is 16.2. The summed E-state index contributed by atoms with van der Waals surface area (Å²) in [7, 11) is 0. The fraction of sp³-hybridized carbons (Fsp3) is 0.625. The Labute approximate surface area is 136 Å². The van der Waals surface area contributed by atoms with Crippen LogP contribution in [0.4, 0.5) is 0 Å². The zero-order valence-electron chi connectivity index (χ0n) is 14.0. The highest BCUT2D eigenvalue weighted by Crippen LogP contribution is 2.28. The Morgan fingerprint density at radius 1 is 1.26 bits per heavy atom. The molecule has 3 rings (SSSR count). The van der Waals surface area contributed by atoms with Crippen molar-refractivity contribution >= 4 is 5.91 Å². The van der Waals surface area contributed by atoms with Gasteiger partial charge in [-0.05, 0) is 52.0 Å². The zero-order chi connectivity index (χ0) is 16.4. The molecule has 2 heterocycles. The molecule has 0 atom stereocenters. The number of aryl methyl sites for hydroxylation is 3. The fourth-order valence-corrected chi connectivity index (χ4v) is 3.24. The van der Waals surface area contributed by atoms with Crippen molar-refractivity contribution in [2.45, 2.75) is 65.1 Å². The standard InChI is InChI=1S/C16H24N6O/c1-11-8-17-22(9-11)15-6-4-14(5-7-15)19-16(23)10-21-13(3)18-12(2)20-21/h8-9,14-15H,4-7,10H2,1-3H3,(H,19,23). The maximum atomic E-state index is 12.2. The molecule has 2 aromatic rings. The summed E-state index contributed by atoms with van der Waals surface area (Å²) in [6, 6.07) is 0.706. The first-order chi connectivity index (χ1) is 11.0. The molecule has 0 bridgehead atoms. The lowest BCUT2D eigenvalue weighted by molar-refractivity contribution is -0.122. The van der Waals surface area contributed by atoms with E-state index in [0.717, 1.165) is 31.5 Å². The first kappa shape index (κ1) is 15.7.